The van der Waals surface area contributed by atoms with E-state index in [4.69, 9.17) is 5.73 Å². The highest BCUT2D eigenvalue weighted by atomic mass is 32.2. The third-order valence-corrected chi connectivity index (χ3v) is 3.37. The monoisotopic (exact) mass is 217 g/mol. The largest absolute Gasteiger partial charge is 0.351 e. The lowest BCUT2D eigenvalue weighted by atomic mass is 10.2. The van der Waals surface area contributed by atoms with Gasteiger partial charge < -0.3 is 11.1 Å². The lowest BCUT2D eigenvalue weighted by molar-refractivity contribution is -0.117. The van der Waals surface area contributed by atoms with Gasteiger partial charge in [0.25, 0.3) is 0 Å². The molecule has 0 radical (unpaired) electrons. The van der Waals surface area contributed by atoms with Gasteiger partial charge in [-0.25, -0.2) is 4.79 Å². The number of primary amides is 1. The zero-order valence-corrected chi connectivity index (χ0v) is 8.73. The molecule has 14 heavy (non-hydrogen) atoms. The van der Waals surface area contributed by atoms with Crippen LogP contribution in [0.1, 0.15) is 12.8 Å². The average Bonchev–Trinajstić information content (AvgIpc) is 2.15. The molecule has 5 nitrogen and oxygen atoms in total. The molecule has 1 rings (SSSR count). The molecule has 6 heteroatoms. The molecule has 0 aromatic heterocycles. The number of nitrogens with two attached hydrogens (primary N) is 1. The summed E-state index contributed by atoms with van der Waals surface area (Å²) in [4.78, 5) is 21.4. The van der Waals surface area contributed by atoms with Gasteiger partial charge in [0.1, 0.15) is 0 Å². The number of hydrogen-bond acceptors (Lipinski definition) is 4. The Hall–Kier alpha value is -0.750. The van der Waals surface area contributed by atoms with Gasteiger partial charge in [0.05, 0.1) is 5.75 Å². The molecule has 0 aromatic carbocycles. The predicted octanol–water partition coefficient (Wildman–Crippen LogP) is -0.334. The van der Waals surface area contributed by atoms with E-state index in [0.29, 0.717) is 11.0 Å². The quantitative estimate of drug-likeness (QED) is 0.604. The fraction of sp³-hybridized carbons (Fsp3) is 0.750. The molecule has 4 N–H and O–H groups in total. The van der Waals surface area contributed by atoms with Crippen LogP contribution in [0.3, 0.4) is 0 Å². The summed E-state index contributed by atoms with van der Waals surface area (Å²) in [6, 6.07) is -0.777. The van der Waals surface area contributed by atoms with Crippen molar-refractivity contribution in [1.29, 1.82) is 0 Å². The Morgan fingerprint density at radius 3 is 2.64 bits per heavy atom. The average molecular weight is 217 g/mol. The van der Waals surface area contributed by atoms with E-state index in [0.717, 1.165) is 25.9 Å². The highest BCUT2D eigenvalue weighted by molar-refractivity contribution is 8.00. The molecular formula is C8H15N3O2S. The summed E-state index contributed by atoms with van der Waals surface area (Å²) < 4.78 is 0. The van der Waals surface area contributed by atoms with E-state index < -0.39 is 6.03 Å². The Labute approximate surface area is 87.2 Å². The van der Waals surface area contributed by atoms with Crippen molar-refractivity contribution in [3.63, 3.8) is 0 Å². The van der Waals surface area contributed by atoms with Gasteiger partial charge in [-0.15, -0.1) is 11.8 Å². The second kappa shape index (κ2) is 5.87. The first-order valence-electron chi connectivity index (χ1n) is 4.60. The van der Waals surface area contributed by atoms with E-state index in [9.17, 15) is 9.59 Å². The van der Waals surface area contributed by atoms with Gasteiger partial charge in [-0.2, -0.15) is 0 Å². The first-order chi connectivity index (χ1) is 6.68. The Kier molecular flexibility index (Phi) is 4.75. The number of thioether (sulfide) groups is 1. The molecule has 1 aliphatic heterocycles. The molecule has 0 unspecified atom stereocenters. The van der Waals surface area contributed by atoms with Crippen LogP contribution < -0.4 is 16.4 Å². The summed E-state index contributed by atoms with van der Waals surface area (Å²) in [5, 5.41) is 5.82. The summed E-state index contributed by atoms with van der Waals surface area (Å²) in [7, 11) is 0. The number of nitrogens with one attached hydrogen (secondary N) is 2. The molecule has 0 saturated carbocycles. The number of urea groups is 1. The maximum absolute atomic E-state index is 11.0. The molecular weight excluding hydrogens is 202 g/mol. The van der Waals surface area contributed by atoms with Crippen LogP contribution in [0.2, 0.25) is 0 Å². The van der Waals surface area contributed by atoms with Crippen molar-refractivity contribution in [3.8, 4) is 0 Å². The third-order valence-electron chi connectivity index (χ3n) is 2.00. The van der Waals surface area contributed by atoms with Gasteiger partial charge in [0.15, 0.2) is 0 Å². The summed E-state index contributed by atoms with van der Waals surface area (Å²) >= 11 is 1.59. The number of piperidine rings is 1. The molecule has 1 heterocycles. The number of carbonyl (C=O) groups is 2. The molecule has 0 atom stereocenters. The molecule has 3 amide bonds. The fourth-order valence-electron chi connectivity index (χ4n) is 1.33. The van der Waals surface area contributed by atoms with E-state index in [1.165, 1.54) is 0 Å². The van der Waals surface area contributed by atoms with E-state index in [2.05, 4.69) is 5.32 Å². The summed E-state index contributed by atoms with van der Waals surface area (Å²) in [6.07, 6.45) is 2.16. The van der Waals surface area contributed by atoms with Gasteiger partial charge >= 0.3 is 6.03 Å². The van der Waals surface area contributed by atoms with Crippen molar-refractivity contribution < 1.29 is 9.59 Å². The maximum atomic E-state index is 11.0. The van der Waals surface area contributed by atoms with Crippen molar-refractivity contribution in [2.24, 2.45) is 5.73 Å². The fourth-order valence-corrected chi connectivity index (χ4v) is 2.36. The highest BCUT2D eigenvalue weighted by Gasteiger charge is 2.15. The van der Waals surface area contributed by atoms with Crippen LogP contribution in [-0.4, -0.2) is 36.0 Å². The maximum Gasteiger partial charge on any atom is 0.318 e. The molecule has 0 spiro atoms. The van der Waals surface area contributed by atoms with Crippen LogP contribution in [0.5, 0.6) is 0 Å². The van der Waals surface area contributed by atoms with Crippen molar-refractivity contribution in [2.75, 3.05) is 18.8 Å². The standard InChI is InChI=1S/C8H15N3O2S/c9-8(13)11-7(12)5-14-6-1-3-10-4-2-6/h6,10H,1-5H2,(H3,9,11,12,13). The van der Waals surface area contributed by atoms with Crippen molar-refractivity contribution in [3.05, 3.63) is 0 Å². The smallest absolute Gasteiger partial charge is 0.318 e. The first kappa shape index (κ1) is 11.3. The zero-order valence-electron chi connectivity index (χ0n) is 7.91. The first-order valence-corrected chi connectivity index (χ1v) is 5.65. The number of hydrogen-bond donors (Lipinski definition) is 3. The number of amides is 3. The van der Waals surface area contributed by atoms with Gasteiger partial charge in [0.2, 0.25) is 5.91 Å². The lowest BCUT2D eigenvalue weighted by Crippen LogP contribution is -2.37. The topological polar surface area (TPSA) is 84.2 Å². The van der Waals surface area contributed by atoms with E-state index in [1.807, 2.05) is 5.32 Å². The number of carbonyl (C=O) groups excluding carboxylic acids is 2. The van der Waals surface area contributed by atoms with Gasteiger partial charge in [-0.1, -0.05) is 0 Å². The Morgan fingerprint density at radius 1 is 1.43 bits per heavy atom. The second-order valence-corrected chi connectivity index (χ2v) is 4.46. The number of imide groups is 1. The van der Waals surface area contributed by atoms with E-state index in [1.54, 1.807) is 11.8 Å². The van der Waals surface area contributed by atoms with Crippen molar-refractivity contribution in [1.82, 2.24) is 10.6 Å². The van der Waals surface area contributed by atoms with Gasteiger partial charge in [-0.3, -0.25) is 10.1 Å². The minimum absolute atomic E-state index is 0.305. The molecule has 80 valence electrons. The van der Waals surface area contributed by atoms with Crippen LogP contribution in [0, 0.1) is 0 Å². The van der Waals surface area contributed by atoms with Crippen molar-refractivity contribution in [2.45, 2.75) is 18.1 Å². The SMILES string of the molecule is NC(=O)NC(=O)CSC1CCNCC1. The van der Waals surface area contributed by atoms with Gasteiger partial charge in [0, 0.05) is 5.25 Å². The minimum atomic E-state index is -0.777. The zero-order chi connectivity index (χ0) is 10.4. The Morgan fingerprint density at radius 2 is 2.07 bits per heavy atom. The van der Waals surface area contributed by atoms with Gasteiger partial charge in [-0.05, 0) is 25.9 Å². The minimum Gasteiger partial charge on any atom is -0.351 e. The van der Waals surface area contributed by atoms with Crippen LogP contribution in [-0.2, 0) is 4.79 Å². The molecule has 0 bridgehead atoms. The summed E-state index contributed by atoms with van der Waals surface area (Å²) in [6.45, 7) is 2.02. The summed E-state index contributed by atoms with van der Waals surface area (Å²) in [5.74, 6) is 0.00850. The molecule has 1 fully saturated rings. The van der Waals surface area contributed by atoms with Crippen LogP contribution >= 0.6 is 11.8 Å². The Balaban J connectivity index is 2.12. The Bertz CT molecular complexity index is 217. The molecule has 1 saturated heterocycles. The molecule has 0 aliphatic carbocycles. The summed E-state index contributed by atoms with van der Waals surface area (Å²) in [5.41, 5.74) is 4.81. The third kappa shape index (κ3) is 4.48. The lowest BCUT2D eigenvalue weighted by Gasteiger charge is -2.21. The van der Waals surface area contributed by atoms with Crippen LogP contribution in [0.15, 0.2) is 0 Å². The molecule has 0 aromatic rings. The second-order valence-electron chi connectivity index (χ2n) is 3.17. The molecule has 1 aliphatic rings. The number of rotatable bonds is 3. The predicted molar refractivity (Wildman–Crippen MR) is 56.1 cm³/mol. The van der Waals surface area contributed by atoms with E-state index >= 15 is 0 Å². The normalized spacial score (nSPS) is 17.7. The highest BCUT2D eigenvalue weighted by Crippen LogP contribution is 2.19. The van der Waals surface area contributed by atoms with Crippen LogP contribution in [0.4, 0.5) is 4.79 Å². The van der Waals surface area contributed by atoms with Crippen molar-refractivity contribution >= 4 is 23.7 Å². The van der Waals surface area contributed by atoms with E-state index in [-0.39, 0.29) is 5.91 Å². The van der Waals surface area contributed by atoms with Crippen LogP contribution in [0.25, 0.3) is 0 Å².